The van der Waals surface area contributed by atoms with E-state index in [2.05, 4.69) is 124 Å². The molecule has 9 aliphatic rings. The van der Waals surface area contributed by atoms with Crippen LogP contribution < -0.4 is 0 Å². The van der Waals surface area contributed by atoms with E-state index in [-0.39, 0.29) is 15.7 Å². The summed E-state index contributed by atoms with van der Waals surface area (Å²) in [4.78, 5) is 3.31. The smallest absolute Gasteiger partial charge is 0.365 e. The van der Waals surface area contributed by atoms with Crippen molar-refractivity contribution < 1.29 is 53.1 Å². The highest BCUT2D eigenvalue weighted by Crippen LogP contribution is 3.07. The lowest BCUT2D eigenvalue weighted by Gasteiger charge is -2.73. The van der Waals surface area contributed by atoms with Gasteiger partial charge in [-0.15, -0.1) is 79.0 Å². The van der Waals surface area contributed by atoms with E-state index in [1.807, 2.05) is 39.3 Å². The number of allylic oxidation sites excluding steroid dienone is 1. The average Bonchev–Trinajstić information content (AvgIpc) is 1.03. The first kappa shape index (κ1) is 85.7. The van der Waals surface area contributed by atoms with Gasteiger partial charge in [-0.3, -0.25) is 0 Å². The van der Waals surface area contributed by atoms with E-state index in [0.29, 0.717) is 132 Å². The van der Waals surface area contributed by atoms with Crippen LogP contribution >= 0.6 is 159 Å². The monoisotopic (exact) mass is 1710 g/mol. The second-order valence-corrected chi connectivity index (χ2v) is 81.7. The molecule has 566 valence electrons. The summed E-state index contributed by atoms with van der Waals surface area (Å²) in [5, 5.41) is 1.00. The van der Waals surface area contributed by atoms with Crippen molar-refractivity contribution in [1.82, 2.24) is 0 Å². The van der Waals surface area contributed by atoms with E-state index < -0.39 is 68.3 Å². The van der Waals surface area contributed by atoms with Crippen LogP contribution in [0.4, 0.5) is 0 Å². The summed E-state index contributed by atoms with van der Waals surface area (Å²) >= 11 is 25.3. The normalized spacial score (nSPS) is 35.1. The van der Waals surface area contributed by atoms with E-state index in [9.17, 15) is 0 Å². The van der Waals surface area contributed by atoms with Crippen molar-refractivity contribution in [2.75, 3.05) is 79.3 Å². The lowest BCUT2D eigenvalue weighted by molar-refractivity contribution is 0.0963. The van der Waals surface area contributed by atoms with Gasteiger partial charge in [-0.2, -0.15) is 0 Å². The van der Waals surface area contributed by atoms with E-state index in [4.69, 9.17) is 99.8 Å². The molecule has 16 atom stereocenters. The zero-order valence-electron chi connectivity index (χ0n) is 60.2. The summed E-state index contributed by atoms with van der Waals surface area (Å²) < 4.78 is 90.4. The molecule has 9 aliphatic carbocycles. The molecule has 0 heterocycles. The molecule has 0 aromatic rings. The molecule has 0 aromatic heterocycles. The maximum atomic E-state index is 7.65. The van der Waals surface area contributed by atoms with Gasteiger partial charge in [0.25, 0.3) is 0 Å². The van der Waals surface area contributed by atoms with Crippen LogP contribution in [-0.4, -0.2) is 136 Å². The van der Waals surface area contributed by atoms with Gasteiger partial charge >= 0.3 is 31.8 Å². The summed E-state index contributed by atoms with van der Waals surface area (Å²) in [6.07, 6.45) is 29.1. The van der Waals surface area contributed by atoms with Gasteiger partial charge in [0, 0.05) is 105 Å². The zero-order valence-corrected chi connectivity index (χ0v) is 77.6. The van der Waals surface area contributed by atoms with Crippen LogP contribution in [0.1, 0.15) is 244 Å². The van der Waals surface area contributed by atoms with Gasteiger partial charge in [0.15, 0.2) is 0 Å². The van der Waals surface area contributed by atoms with Crippen molar-refractivity contribution >= 4 is 191 Å². The van der Waals surface area contributed by atoms with Crippen LogP contribution in [0.3, 0.4) is 0 Å². The average molecular weight is 1710 g/mol. The molecule has 9 rings (SSSR count). The second kappa shape index (κ2) is 39.8. The van der Waals surface area contributed by atoms with Crippen molar-refractivity contribution in [3.05, 3.63) is 9.81 Å². The fourth-order valence-corrected chi connectivity index (χ4v) is 134. The molecule has 16 unspecified atom stereocenters. The number of hydrogen-bond acceptors (Lipinski definition) is 24. The molecule has 12 nitrogen and oxygen atoms in total. The Labute approximate surface area is 642 Å². The Morgan fingerprint density at radius 3 is 0.865 bits per heavy atom. The standard InChI is InChI=1S/C64H126O12S16Si4/c1-13-65-93(66-14-2,67-15-3)85-89(81-77,59-46-50-33-37-54(59)42-50)58-32-30-28-26-25-27-29-31-41-64(91(83-79,61-48-52-35-39-56(61)44-52)87-95(71-19-7,72-20-8)73-21-9,92(84-80,62-49-53-36-40-57(62)45-53)88-96(74-22-10,75-23-11)76-24-12)63(58)90(82-78,60-47-51-34-38-55(60)43-51)86-94(68-16-4,69-17-5)70-18-6/h50-57,59-62,77-80H,13-49H2,1-12H3/b63-58-. The lowest BCUT2D eigenvalue weighted by atomic mass is 10.0. The minimum absolute atomic E-state index is 0.230. The first-order valence-electron chi connectivity index (χ1n) is 37.4. The van der Waals surface area contributed by atoms with Crippen LogP contribution in [0, 0.1) is 47.3 Å². The van der Waals surface area contributed by atoms with Gasteiger partial charge < -0.3 is 53.1 Å². The number of thiol groups is 4. The molecule has 0 amide bonds. The van der Waals surface area contributed by atoms with Gasteiger partial charge in [-0.05, 0) is 312 Å². The fourth-order valence-electron chi connectivity index (χ4n) is 18.9. The van der Waals surface area contributed by atoms with Gasteiger partial charge in [0.2, 0.25) is 0 Å². The predicted molar refractivity (Wildman–Crippen MR) is 458 cm³/mol. The third-order valence-corrected chi connectivity index (χ3v) is 108. The molecule has 0 saturated heterocycles. The van der Waals surface area contributed by atoms with Crippen LogP contribution in [-0.2, 0) is 53.1 Å². The van der Waals surface area contributed by atoms with E-state index >= 15 is 0 Å². The van der Waals surface area contributed by atoms with Crippen molar-refractivity contribution in [2.45, 2.75) is 269 Å². The van der Waals surface area contributed by atoms with E-state index in [1.165, 1.54) is 96.3 Å². The maximum absolute atomic E-state index is 7.65. The summed E-state index contributed by atoms with van der Waals surface area (Å²) in [5.41, 5.74) is 0. The maximum Gasteiger partial charge on any atom is 0.583 e. The number of fused-ring (bicyclic) bond motifs is 8. The Bertz CT molecular complexity index is 2290. The topological polar surface area (TPSA) is 111 Å². The van der Waals surface area contributed by atoms with E-state index in [1.54, 1.807) is 9.81 Å². The number of hydrogen-bond donors (Lipinski definition) is 4. The molecule has 32 heteroatoms. The van der Waals surface area contributed by atoms with Crippen LogP contribution in [0.2, 0.25) is 0 Å². The zero-order chi connectivity index (χ0) is 68.9. The van der Waals surface area contributed by atoms with E-state index in [0.717, 1.165) is 64.2 Å². The first-order valence-corrected chi connectivity index (χ1v) is 68.8. The first-order chi connectivity index (χ1) is 46.5. The predicted octanol–water partition coefficient (Wildman–Crippen LogP) is 24.1. The number of rotatable bonds is 44. The molecule has 0 N–H and O–H groups in total. The SMILES string of the molecule is CCO[Si](OCC)(OCC)SS(SS)(/C1=C(\S(SS)(S[Si](OCC)(OCC)OCC)C2CC3CCC2C3)C(S(SS)(S[Si](OCC)(OCC)OCC)C2CC3CCC2C3)(S(SS)(S[Si](OCC)(OCC)OCC)C2CC3CCC2C3)CCCCCCCCC1)C1CC2CCC1C2. The summed E-state index contributed by atoms with van der Waals surface area (Å²) in [5.74, 6) is 4.28. The summed E-state index contributed by atoms with van der Waals surface area (Å²) in [7, 11) is -8.98. The van der Waals surface area contributed by atoms with Crippen LogP contribution in [0.5, 0.6) is 0 Å². The minimum Gasteiger partial charge on any atom is -0.365 e. The Morgan fingerprint density at radius 2 is 0.594 bits per heavy atom. The fraction of sp³-hybridized carbons (Fsp3) is 0.969. The van der Waals surface area contributed by atoms with Crippen LogP contribution in [0.15, 0.2) is 9.81 Å². The Balaban J connectivity index is 1.69. The Morgan fingerprint density at radius 1 is 0.323 bits per heavy atom. The molecule has 96 heavy (non-hydrogen) atoms. The van der Waals surface area contributed by atoms with Gasteiger partial charge in [-0.25, -0.2) is 0 Å². The third kappa shape index (κ3) is 17.6. The highest BCUT2D eigenvalue weighted by Gasteiger charge is 2.78. The third-order valence-electron chi connectivity index (χ3n) is 22.0. The lowest BCUT2D eigenvalue weighted by Crippen LogP contribution is -2.55. The van der Waals surface area contributed by atoms with Crippen molar-refractivity contribution in [3.8, 4) is 0 Å². The largest absolute Gasteiger partial charge is 0.583 e. The Hall–Kier alpha value is 5.73. The second-order valence-electron chi connectivity index (χ2n) is 27.3. The molecule has 8 fully saturated rings. The van der Waals surface area contributed by atoms with Crippen molar-refractivity contribution in [2.24, 2.45) is 47.3 Å². The molecule has 0 aliphatic heterocycles. The molecule has 0 aromatic carbocycles. The van der Waals surface area contributed by atoms with Crippen molar-refractivity contribution in [3.63, 3.8) is 0 Å². The molecule has 8 bridgehead atoms. The summed E-state index contributed by atoms with van der Waals surface area (Å²) in [6.45, 7) is 31.7. The molecular weight excluding hydrogens is 1590 g/mol. The summed E-state index contributed by atoms with van der Waals surface area (Å²) in [6, 6.07) is 0. The van der Waals surface area contributed by atoms with Gasteiger partial charge in [-0.1, -0.05) is 64.2 Å². The highest BCUT2D eigenvalue weighted by molar-refractivity contribution is 9.47. The molecular formula is C64H126O12S16Si4. The molecule has 0 spiro atoms. The van der Waals surface area contributed by atoms with Gasteiger partial charge in [0.05, 0.1) is 4.08 Å². The van der Waals surface area contributed by atoms with Gasteiger partial charge in [0.1, 0.15) is 0 Å². The van der Waals surface area contributed by atoms with Crippen LogP contribution in [0.25, 0.3) is 0 Å². The minimum atomic E-state index is -3.82. The molecule has 8 saturated carbocycles. The Kier molecular flexibility index (Phi) is 35.5. The quantitative estimate of drug-likeness (QED) is 0.0264. The molecule has 0 radical (unpaired) electrons. The van der Waals surface area contributed by atoms with Crippen molar-refractivity contribution in [1.29, 1.82) is 0 Å². The highest BCUT2D eigenvalue weighted by atomic mass is 33.8.